The molecule has 1 fully saturated rings. The first-order valence-electron chi connectivity index (χ1n) is 6.44. The largest absolute Gasteiger partial charge is 0.354 e. The lowest BCUT2D eigenvalue weighted by Crippen LogP contribution is -2.53. The van der Waals surface area contributed by atoms with Crippen LogP contribution in [0.5, 0.6) is 0 Å². The second-order valence-corrected chi connectivity index (χ2v) is 4.86. The van der Waals surface area contributed by atoms with Crippen molar-refractivity contribution < 1.29 is 9.59 Å². The Kier molecular flexibility index (Phi) is 4.16. The van der Waals surface area contributed by atoms with Crippen molar-refractivity contribution in [3.63, 3.8) is 0 Å². The molecule has 0 aromatic heterocycles. The molecule has 1 aromatic rings. The first-order chi connectivity index (χ1) is 9.06. The van der Waals surface area contributed by atoms with Gasteiger partial charge in [-0.2, -0.15) is 0 Å². The molecule has 1 heterocycles. The van der Waals surface area contributed by atoms with Gasteiger partial charge in [0.25, 0.3) is 0 Å². The smallest absolute Gasteiger partial charge is 0.241 e. The zero-order valence-corrected chi connectivity index (χ0v) is 11.3. The van der Waals surface area contributed by atoms with E-state index in [0.717, 1.165) is 11.3 Å². The summed E-state index contributed by atoms with van der Waals surface area (Å²) in [5.74, 6) is -0.109. The highest BCUT2D eigenvalue weighted by molar-refractivity contribution is 5.95. The highest BCUT2D eigenvalue weighted by atomic mass is 16.2. The summed E-state index contributed by atoms with van der Waals surface area (Å²) in [6.45, 7) is 5.38. The fourth-order valence-corrected chi connectivity index (χ4v) is 2.12. The van der Waals surface area contributed by atoms with Crippen LogP contribution in [0.4, 0.5) is 5.69 Å². The van der Waals surface area contributed by atoms with Gasteiger partial charge in [0.2, 0.25) is 11.8 Å². The molecule has 0 saturated carbocycles. The first-order valence-corrected chi connectivity index (χ1v) is 6.44. The van der Waals surface area contributed by atoms with Crippen molar-refractivity contribution in [2.24, 2.45) is 0 Å². The standard InChI is InChI=1S/C14H19N3O2/c1-10-4-3-5-12(8-10)16-14(19)11(2)17-7-6-15-13(18)9-17/h3-5,8,11H,6-7,9H2,1-2H3,(H,15,18)(H,16,19)/t11-/m1/s1. The number of anilines is 1. The normalized spacial score (nSPS) is 17.7. The minimum atomic E-state index is -0.313. The third kappa shape index (κ3) is 3.54. The summed E-state index contributed by atoms with van der Waals surface area (Å²) in [7, 11) is 0. The summed E-state index contributed by atoms with van der Waals surface area (Å²) in [6.07, 6.45) is 0. The van der Waals surface area contributed by atoms with Crippen molar-refractivity contribution in [2.75, 3.05) is 25.0 Å². The van der Waals surface area contributed by atoms with Gasteiger partial charge in [0.05, 0.1) is 12.6 Å². The number of nitrogens with one attached hydrogen (secondary N) is 2. The number of piperazine rings is 1. The summed E-state index contributed by atoms with van der Waals surface area (Å²) >= 11 is 0. The number of nitrogens with zero attached hydrogens (tertiary/aromatic N) is 1. The highest BCUT2D eigenvalue weighted by Gasteiger charge is 2.25. The summed E-state index contributed by atoms with van der Waals surface area (Å²) in [4.78, 5) is 25.3. The van der Waals surface area contributed by atoms with E-state index in [-0.39, 0.29) is 24.4 Å². The Morgan fingerprint density at radius 1 is 1.47 bits per heavy atom. The second kappa shape index (κ2) is 5.84. The van der Waals surface area contributed by atoms with Crippen LogP contribution in [0.25, 0.3) is 0 Å². The highest BCUT2D eigenvalue weighted by Crippen LogP contribution is 2.11. The van der Waals surface area contributed by atoms with Crippen LogP contribution in [-0.2, 0) is 9.59 Å². The Labute approximate surface area is 113 Å². The SMILES string of the molecule is Cc1cccc(NC(=O)[C@@H](C)N2CCNC(=O)C2)c1. The molecule has 1 aliphatic heterocycles. The first kappa shape index (κ1) is 13.5. The number of carbonyl (C=O) groups is 2. The van der Waals surface area contributed by atoms with E-state index in [9.17, 15) is 9.59 Å². The molecule has 5 nitrogen and oxygen atoms in total. The van der Waals surface area contributed by atoms with E-state index >= 15 is 0 Å². The third-order valence-electron chi connectivity index (χ3n) is 3.28. The average Bonchev–Trinajstić information content (AvgIpc) is 2.38. The maximum absolute atomic E-state index is 12.1. The number of aryl methyl sites for hydroxylation is 1. The number of hydrogen-bond donors (Lipinski definition) is 2. The maximum Gasteiger partial charge on any atom is 0.241 e. The number of carbonyl (C=O) groups excluding carboxylic acids is 2. The van der Waals surface area contributed by atoms with E-state index in [1.165, 1.54) is 0 Å². The molecule has 5 heteroatoms. The lowest BCUT2D eigenvalue weighted by atomic mass is 10.2. The lowest BCUT2D eigenvalue weighted by molar-refractivity contribution is -0.127. The molecule has 1 aliphatic rings. The molecule has 102 valence electrons. The topological polar surface area (TPSA) is 61.4 Å². The van der Waals surface area contributed by atoms with Crippen molar-refractivity contribution in [3.8, 4) is 0 Å². The molecule has 2 rings (SSSR count). The predicted octanol–water partition coefficient (Wildman–Crippen LogP) is 0.754. The van der Waals surface area contributed by atoms with Crippen LogP contribution in [0.15, 0.2) is 24.3 Å². The Bertz CT molecular complexity index is 487. The van der Waals surface area contributed by atoms with Gasteiger partial charge in [0.15, 0.2) is 0 Å². The van der Waals surface area contributed by atoms with Crippen molar-refractivity contribution in [2.45, 2.75) is 19.9 Å². The molecule has 1 aromatic carbocycles. The molecule has 0 radical (unpaired) electrons. The van der Waals surface area contributed by atoms with E-state index in [1.807, 2.05) is 43.0 Å². The van der Waals surface area contributed by atoms with Crippen molar-refractivity contribution in [3.05, 3.63) is 29.8 Å². The van der Waals surface area contributed by atoms with Crippen LogP contribution in [0.2, 0.25) is 0 Å². The third-order valence-corrected chi connectivity index (χ3v) is 3.28. The quantitative estimate of drug-likeness (QED) is 0.844. The van der Waals surface area contributed by atoms with Crippen molar-refractivity contribution >= 4 is 17.5 Å². The number of rotatable bonds is 3. The number of benzene rings is 1. The van der Waals surface area contributed by atoms with E-state index in [2.05, 4.69) is 10.6 Å². The molecule has 1 atom stereocenters. The van der Waals surface area contributed by atoms with E-state index < -0.39 is 0 Å². The molecule has 0 aliphatic carbocycles. The number of hydrogen-bond acceptors (Lipinski definition) is 3. The van der Waals surface area contributed by atoms with Crippen LogP contribution in [-0.4, -0.2) is 42.4 Å². The Balaban J connectivity index is 1.97. The van der Waals surface area contributed by atoms with Crippen LogP contribution in [0.3, 0.4) is 0 Å². The van der Waals surface area contributed by atoms with E-state index in [1.54, 1.807) is 0 Å². The zero-order valence-electron chi connectivity index (χ0n) is 11.3. The molecule has 0 bridgehead atoms. The molecule has 2 amide bonds. The Morgan fingerprint density at radius 3 is 2.95 bits per heavy atom. The minimum Gasteiger partial charge on any atom is -0.354 e. The summed E-state index contributed by atoms with van der Waals surface area (Å²) < 4.78 is 0. The molecule has 0 unspecified atom stereocenters. The fourth-order valence-electron chi connectivity index (χ4n) is 2.12. The summed E-state index contributed by atoms with van der Waals surface area (Å²) in [6, 6.07) is 7.36. The van der Waals surface area contributed by atoms with Crippen LogP contribution in [0.1, 0.15) is 12.5 Å². The molecule has 19 heavy (non-hydrogen) atoms. The van der Waals surface area contributed by atoms with Crippen LogP contribution >= 0.6 is 0 Å². The monoisotopic (exact) mass is 261 g/mol. The Morgan fingerprint density at radius 2 is 2.26 bits per heavy atom. The van der Waals surface area contributed by atoms with Gasteiger partial charge in [-0.3, -0.25) is 14.5 Å². The number of amides is 2. The van der Waals surface area contributed by atoms with Gasteiger partial charge < -0.3 is 10.6 Å². The van der Waals surface area contributed by atoms with Crippen molar-refractivity contribution in [1.29, 1.82) is 0 Å². The van der Waals surface area contributed by atoms with Crippen LogP contribution < -0.4 is 10.6 Å². The van der Waals surface area contributed by atoms with Gasteiger partial charge >= 0.3 is 0 Å². The lowest BCUT2D eigenvalue weighted by Gasteiger charge is -2.31. The zero-order chi connectivity index (χ0) is 13.8. The van der Waals surface area contributed by atoms with Gasteiger partial charge in [-0.05, 0) is 31.5 Å². The Hall–Kier alpha value is -1.88. The van der Waals surface area contributed by atoms with Gasteiger partial charge in [-0.25, -0.2) is 0 Å². The van der Waals surface area contributed by atoms with E-state index in [4.69, 9.17) is 0 Å². The molecule has 2 N–H and O–H groups in total. The molecule has 0 spiro atoms. The van der Waals surface area contributed by atoms with Gasteiger partial charge in [-0.1, -0.05) is 12.1 Å². The molecular formula is C14H19N3O2. The van der Waals surface area contributed by atoms with E-state index in [0.29, 0.717) is 13.1 Å². The van der Waals surface area contributed by atoms with Crippen molar-refractivity contribution in [1.82, 2.24) is 10.2 Å². The fraction of sp³-hybridized carbons (Fsp3) is 0.429. The minimum absolute atomic E-state index is 0.0264. The predicted molar refractivity (Wildman–Crippen MR) is 73.9 cm³/mol. The summed E-state index contributed by atoms with van der Waals surface area (Å²) in [5, 5.41) is 5.63. The summed E-state index contributed by atoms with van der Waals surface area (Å²) in [5.41, 5.74) is 1.89. The van der Waals surface area contributed by atoms with Gasteiger partial charge in [-0.15, -0.1) is 0 Å². The second-order valence-electron chi connectivity index (χ2n) is 4.86. The molecular weight excluding hydrogens is 242 g/mol. The van der Waals surface area contributed by atoms with Crippen LogP contribution in [0, 0.1) is 6.92 Å². The maximum atomic E-state index is 12.1. The van der Waals surface area contributed by atoms with Gasteiger partial charge in [0.1, 0.15) is 0 Å². The molecule has 1 saturated heterocycles. The van der Waals surface area contributed by atoms with Gasteiger partial charge in [0, 0.05) is 18.8 Å². The average molecular weight is 261 g/mol.